The van der Waals surface area contributed by atoms with Crippen LogP contribution < -0.4 is 0 Å². The second-order valence-electron chi connectivity index (χ2n) is 2.75. The molecule has 1 aromatic rings. The highest BCUT2D eigenvalue weighted by Crippen LogP contribution is 2.22. The Labute approximate surface area is 77.5 Å². The van der Waals surface area contributed by atoms with Crippen LogP contribution in [0.15, 0.2) is 24.3 Å². The Morgan fingerprint density at radius 2 is 1.91 bits per heavy atom. The molecule has 0 aliphatic heterocycles. The molecular weight excluding hydrogens is 251 g/mol. The first-order valence-electron chi connectivity index (χ1n) is 3.61. The van der Waals surface area contributed by atoms with Gasteiger partial charge in [0.05, 0.1) is 0 Å². The number of rotatable bonds is 2. The standard InChI is InChI=1S/C9H11IO/c1-7(2)8-5-3-4-6-9(8)10-11/h3-7H,1-2H3. The molecule has 0 radical (unpaired) electrons. The SMILES string of the molecule is CC(C)c1ccccc1I=O. The molecule has 0 bridgehead atoms. The number of hydrogen-bond donors (Lipinski definition) is 0. The Kier molecular flexibility index (Phi) is 3.17. The zero-order chi connectivity index (χ0) is 8.27. The lowest BCUT2D eigenvalue weighted by atomic mass is 10.0. The second kappa shape index (κ2) is 3.95. The first-order valence-corrected chi connectivity index (χ1v) is 5.57. The van der Waals surface area contributed by atoms with Crippen LogP contribution in [0, 0.1) is 3.57 Å². The van der Waals surface area contributed by atoms with Gasteiger partial charge in [0.15, 0.2) is 21.2 Å². The maximum absolute atomic E-state index is 10.8. The third-order valence-electron chi connectivity index (χ3n) is 1.61. The van der Waals surface area contributed by atoms with E-state index in [2.05, 4.69) is 19.9 Å². The minimum atomic E-state index is -0.996. The van der Waals surface area contributed by atoms with Crippen LogP contribution in [0.2, 0.25) is 0 Å². The Hall–Kier alpha value is -0.250. The molecule has 1 nitrogen and oxygen atoms in total. The van der Waals surface area contributed by atoms with E-state index in [1.807, 2.05) is 18.2 Å². The van der Waals surface area contributed by atoms with Gasteiger partial charge in [0.25, 0.3) is 0 Å². The van der Waals surface area contributed by atoms with Crippen LogP contribution in [-0.2, 0) is 3.07 Å². The fraction of sp³-hybridized carbons (Fsp3) is 0.333. The van der Waals surface area contributed by atoms with Crippen LogP contribution in [0.1, 0.15) is 25.3 Å². The fourth-order valence-corrected chi connectivity index (χ4v) is 2.42. The highest BCUT2D eigenvalue weighted by molar-refractivity contribution is 14.1. The van der Waals surface area contributed by atoms with Crippen molar-refractivity contribution in [2.24, 2.45) is 0 Å². The topological polar surface area (TPSA) is 17.1 Å². The van der Waals surface area contributed by atoms with Crippen LogP contribution in [0.5, 0.6) is 0 Å². The third-order valence-corrected chi connectivity index (χ3v) is 3.07. The first kappa shape index (κ1) is 8.84. The van der Waals surface area contributed by atoms with Crippen LogP contribution in [0.25, 0.3) is 0 Å². The molecule has 0 saturated heterocycles. The quantitative estimate of drug-likeness (QED) is 0.747. The first-order chi connectivity index (χ1) is 5.25. The Morgan fingerprint density at radius 1 is 1.27 bits per heavy atom. The smallest absolute Gasteiger partial charge is 0.182 e. The average Bonchev–Trinajstić information content (AvgIpc) is 2.04. The summed E-state index contributed by atoms with van der Waals surface area (Å²) in [4.78, 5) is 0. The van der Waals surface area contributed by atoms with Gasteiger partial charge < -0.3 is 0 Å². The van der Waals surface area contributed by atoms with Crippen molar-refractivity contribution in [1.82, 2.24) is 0 Å². The van der Waals surface area contributed by atoms with Crippen molar-refractivity contribution >= 4 is 21.2 Å². The van der Waals surface area contributed by atoms with Gasteiger partial charge in [-0.25, -0.2) is 0 Å². The molecule has 1 rings (SSSR count). The molecule has 2 heteroatoms. The number of halogens is 1. The number of benzene rings is 1. The Bertz CT molecular complexity index is 255. The normalized spacial score (nSPS) is 10.5. The van der Waals surface area contributed by atoms with E-state index in [0.717, 1.165) is 3.57 Å². The molecule has 0 atom stereocenters. The zero-order valence-electron chi connectivity index (χ0n) is 6.67. The molecule has 0 unspecified atom stereocenters. The lowest BCUT2D eigenvalue weighted by molar-refractivity contribution is 0.647. The summed E-state index contributed by atoms with van der Waals surface area (Å²) in [6, 6.07) is 7.95. The predicted molar refractivity (Wildman–Crippen MR) is 53.9 cm³/mol. The summed E-state index contributed by atoms with van der Waals surface area (Å²) in [6.45, 7) is 4.25. The van der Waals surface area contributed by atoms with Crippen molar-refractivity contribution in [2.75, 3.05) is 0 Å². The molecule has 0 aromatic heterocycles. The van der Waals surface area contributed by atoms with Crippen LogP contribution in [0.4, 0.5) is 0 Å². The van der Waals surface area contributed by atoms with Gasteiger partial charge in [-0.15, -0.1) is 0 Å². The monoisotopic (exact) mass is 262 g/mol. The van der Waals surface area contributed by atoms with Crippen molar-refractivity contribution < 1.29 is 3.07 Å². The molecule has 0 aliphatic carbocycles. The van der Waals surface area contributed by atoms with Gasteiger partial charge in [-0.05, 0) is 17.5 Å². The maximum Gasteiger partial charge on any atom is 0.182 e. The number of hydrogen-bond acceptors (Lipinski definition) is 1. The minimum absolute atomic E-state index is 0.486. The fourth-order valence-electron chi connectivity index (χ4n) is 1.01. The largest absolute Gasteiger partial charge is 0.265 e. The van der Waals surface area contributed by atoms with Crippen molar-refractivity contribution in [3.63, 3.8) is 0 Å². The van der Waals surface area contributed by atoms with Gasteiger partial charge in [-0.1, -0.05) is 32.0 Å². The average molecular weight is 262 g/mol. The van der Waals surface area contributed by atoms with E-state index in [-0.39, 0.29) is 0 Å². The van der Waals surface area contributed by atoms with Gasteiger partial charge in [-0.3, -0.25) is 3.07 Å². The van der Waals surface area contributed by atoms with E-state index in [4.69, 9.17) is 0 Å². The summed E-state index contributed by atoms with van der Waals surface area (Å²) < 4.78 is 11.8. The lowest BCUT2D eigenvalue weighted by Gasteiger charge is -2.05. The van der Waals surface area contributed by atoms with E-state index in [0.29, 0.717) is 5.92 Å². The Morgan fingerprint density at radius 3 is 2.36 bits per heavy atom. The van der Waals surface area contributed by atoms with Gasteiger partial charge >= 0.3 is 0 Å². The summed E-state index contributed by atoms with van der Waals surface area (Å²) in [5.41, 5.74) is 1.23. The van der Waals surface area contributed by atoms with E-state index in [9.17, 15) is 3.07 Å². The third kappa shape index (κ3) is 2.09. The molecule has 0 spiro atoms. The second-order valence-corrected chi connectivity index (χ2v) is 4.36. The molecule has 1 aromatic carbocycles. The summed E-state index contributed by atoms with van der Waals surface area (Å²) in [5, 5.41) is 0. The highest BCUT2D eigenvalue weighted by atomic mass is 127. The molecule has 0 fully saturated rings. The van der Waals surface area contributed by atoms with Gasteiger partial charge in [0.1, 0.15) is 0 Å². The van der Waals surface area contributed by atoms with Crippen molar-refractivity contribution in [2.45, 2.75) is 19.8 Å². The summed E-state index contributed by atoms with van der Waals surface area (Å²) in [5.74, 6) is 0.486. The van der Waals surface area contributed by atoms with E-state index in [1.165, 1.54) is 5.56 Å². The van der Waals surface area contributed by atoms with Crippen LogP contribution in [-0.4, -0.2) is 0 Å². The molecule has 0 N–H and O–H groups in total. The minimum Gasteiger partial charge on any atom is -0.265 e. The summed E-state index contributed by atoms with van der Waals surface area (Å²) in [7, 11) is 0. The van der Waals surface area contributed by atoms with Crippen LogP contribution in [0.3, 0.4) is 0 Å². The Balaban J connectivity index is 3.12. The van der Waals surface area contributed by atoms with Crippen molar-refractivity contribution in [3.8, 4) is 0 Å². The maximum atomic E-state index is 10.8. The summed E-state index contributed by atoms with van der Waals surface area (Å²) >= 11 is -0.996. The molecule has 60 valence electrons. The van der Waals surface area contributed by atoms with E-state index >= 15 is 0 Å². The summed E-state index contributed by atoms with van der Waals surface area (Å²) in [6.07, 6.45) is 0. The highest BCUT2D eigenvalue weighted by Gasteiger charge is 2.03. The van der Waals surface area contributed by atoms with E-state index < -0.39 is 21.2 Å². The van der Waals surface area contributed by atoms with Crippen molar-refractivity contribution in [3.05, 3.63) is 33.4 Å². The van der Waals surface area contributed by atoms with Crippen LogP contribution >= 0.6 is 21.2 Å². The molecule has 11 heavy (non-hydrogen) atoms. The molecule has 0 aliphatic rings. The van der Waals surface area contributed by atoms with Gasteiger partial charge in [-0.2, -0.15) is 0 Å². The lowest BCUT2D eigenvalue weighted by Crippen LogP contribution is -1.90. The zero-order valence-corrected chi connectivity index (χ0v) is 8.83. The van der Waals surface area contributed by atoms with E-state index in [1.54, 1.807) is 0 Å². The predicted octanol–water partition coefficient (Wildman–Crippen LogP) is 3.30. The molecule has 0 amide bonds. The van der Waals surface area contributed by atoms with Gasteiger partial charge in [0.2, 0.25) is 0 Å². The van der Waals surface area contributed by atoms with Crippen molar-refractivity contribution in [1.29, 1.82) is 0 Å². The molecular formula is C9H11IO. The molecule has 0 saturated carbocycles. The van der Waals surface area contributed by atoms with Gasteiger partial charge in [0, 0.05) is 3.57 Å². The molecule has 0 heterocycles.